The maximum atomic E-state index is 4.83. The molecule has 1 atom stereocenters. The second-order valence-corrected chi connectivity index (χ2v) is 7.82. The highest BCUT2D eigenvalue weighted by molar-refractivity contribution is 7.99. The number of pyridine rings is 1. The third kappa shape index (κ3) is 2.87. The van der Waals surface area contributed by atoms with Gasteiger partial charge in [-0.15, -0.1) is 0 Å². The predicted octanol–water partition coefficient (Wildman–Crippen LogP) is 4.26. The van der Waals surface area contributed by atoms with Crippen molar-refractivity contribution in [2.24, 2.45) is 13.0 Å². The number of rotatable bonds is 2. The Labute approximate surface area is 142 Å². The summed E-state index contributed by atoms with van der Waals surface area (Å²) in [6.45, 7) is 1.02. The molecule has 0 radical (unpaired) electrons. The summed E-state index contributed by atoms with van der Waals surface area (Å²) in [6.07, 6.45) is 8.73. The van der Waals surface area contributed by atoms with Crippen LogP contribution in [0.15, 0.2) is 24.4 Å². The van der Waals surface area contributed by atoms with Crippen LogP contribution in [0.25, 0.3) is 11.4 Å². The summed E-state index contributed by atoms with van der Waals surface area (Å²) >= 11 is 2.11. The maximum Gasteiger partial charge on any atom is 0.129 e. The van der Waals surface area contributed by atoms with Crippen molar-refractivity contribution < 1.29 is 0 Å². The number of nitrogens with zero attached hydrogens (tertiary/aromatic N) is 3. The van der Waals surface area contributed by atoms with Gasteiger partial charge in [0, 0.05) is 36.4 Å². The molecule has 1 saturated carbocycles. The molecule has 0 spiro atoms. The van der Waals surface area contributed by atoms with E-state index in [1.165, 1.54) is 43.5 Å². The molecule has 1 unspecified atom stereocenters. The first-order valence-corrected chi connectivity index (χ1v) is 9.73. The highest BCUT2D eigenvalue weighted by Crippen LogP contribution is 2.49. The molecule has 2 aromatic heterocycles. The molecular formula is C18H24N4S. The smallest absolute Gasteiger partial charge is 0.129 e. The molecule has 0 saturated heterocycles. The topological polar surface area (TPSA) is 42.7 Å². The minimum atomic E-state index is 0.547. The molecule has 122 valence electrons. The van der Waals surface area contributed by atoms with Crippen molar-refractivity contribution in [2.45, 2.75) is 37.4 Å². The van der Waals surface area contributed by atoms with E-state index in [4.69, 9.17) is 5.10 Å². The van der Waals surface area contributed by atoms with E-state index in [0.717, 1.165) is 29.6 Å². The van der Waals surface area contributed by atoms with Gasteiger partial charge < -0.3 is 5.32 Å². The molecule has 0 aromatic carbocycles. The molecule has 5 heteroatoms. The molecule has 23 heavy (non-hydrogen) atoms. The van der Waals surface area contributed by atoms with Crippen LogP contribution in [0.2, 0.25) is 0 Å². The van der Waals surface area contributed by atoms with E-state index in [2.05, 4.69) is 34.2 Å². The lowest BCUT2D eigenvalue weighted by Crippen LogP contribution is -2.14. The van der Waals surface area contributed by atoms with E-state index in [1.54, 1.807) is 0 Å². The standard InChI is InChI=1S/C18H24N4S/c1-22-18-15(16(21-22)14-9-5-6-10-19-14)17(23-12-11-20-18)13-7-3-2-4-8-13/h5-6,9-10,13,17,20H,2-4,7-8,11-12H2,1H3. The van der Waals surface area contributed by atoms with Gasteiger partial charge in [-0.3, -0.25) is 9.67 Å². The van der Waals surface area contributed by atoms with Gasteiger partial charge in [-0.2, -0.15) is 16.9 Å². The molecule has 1 aliphatic heterocycles. The van der Waals surface area contributed by atoms with Crippen LogP contribution in [0.4, 0.5) is 5.82 Å². The van der Waals surface area contributed by atoms with Crippen LogP contribution >= 0.6 is 11.8 Å². The molecule has 2 aliphatic rings. The first kappa shape index (κ1) is 15.1. The Kier molecular flexibility index (Phi) is 4.29. The lowest BCUT2D eigenvalue weighted by Gasteiger charge is -2.29. The fourth-order valence-electron chi connectivity index (χ4n) is 3.96. The van der Waals surface area contributed by atoms with Crippen molar-refractivity contribution in [1.29, 1.82) is 0 Å². The minimum Gasteiger partial charge on any atom is -0.369 e. The Morgan fingerprint density at radius 3 is 2.87 bits per heavy atom. The van der Waals surface area contributed by atoms with Crippen molar-refractivity contribution in [1.82, 2.24) is 14.8 Å². The molecule has 4 rings (SSSR count). The van der Waals surface area contributed by atoms with Crippen molar-refractivity contribution in [3.63, 3.8) is 0 Å². The van der Waals surface area contributed by atoms with Gasteiger partial charge in [0.15, 0.2) is 0 Å². The molecule has 1 aliphatic carbocycles. The monoisotopic (exact) mass is 328 g/mol. The lowest BCUT2D eigenvalue weighted by atomic mass is 9.84. The second kappa shape index (κ2) is 6.56. The van der Waals surface area contributed by atoms with Gasteiger partial charge in [0.05, 0.1) is 5.69 Å². The average molecular weight is 328 g/mol. The molecular weight excluding hydrogens is 304 g/mol. The van der Waals surface area contributed by atoms with Crippen LogP contribution in [0.1, 0.15) is 42.9 Å². The molecule has 1 fully saturated rings. The van der Waals surface area contributed by atoms with Crippen molar-refractivity contribution in [2.75, 3.05) is 17.6 Å². The van der Waals surface area contributed by atoms with Crippen molar-refractivity contribution >= 4 is 17.6 Å². The van der Waals surface area contributed by atoms with Crippen LogP contribution in [0.3, 0.4) is 0 Å². The van der Waals surface area contributed by atoms with Crippen LogP contribution in [-0.4, -0.2) is 27.1 Å². The summed E-state index contributed by atoms with van der Waals surface area (Å²) in [4.78, 5) is 4.57. The van der Waals surface area contributed by atoms with Gasteiger partial charge in [-0.25, -0.2) is 0 Å². The van der Waals surface area contributed by atoms with Crippen LogP contribution in [0.5, 0.6) is 0 Å². The maximum absolute atomic E-state index is 4.83. The fourth-order valence-corrected chi connectivity index (χ4v) is 5.37. The normalized spacial score (nSPS) is 22.2. The third-order valence-electron chi connectivity index (χ3n) is 5.05. The van der Waals surface area contributed by atoms with E-state index in [9.17, 15) is 0 Å². The highest BCUT2D eigenvalue weighted by Gasteiger charge is 2.34. The van der Waals surface area contributed by atoms with E-state index in [-0.39, 0.29) is 0 Å². The number of fused-ring (bicyclic) bond motifs is 1. The van der Waals surface area contributed by atoms with Crippen molar-refractivity contribution in [3.8, 4) is 11.4 Å². The fraction of sp³-hybridized carbons (Fsp3) is 0.556. The Bertz CT molecular complexity index is 661. The van der Waals surface area contributed by atoms with Gasteiger partial charge in [0.2, 0.25) is 0 Å². The molecule has 0 amide bonds. The van der Waals surface area contributed by atoms with Gasteiger partial charge in [0.25, 0.3) is 0 Å². The largest absolute Gasteiger partial charge is 0.369 e. The number of hydrogen-bond acceptors (Lipinski definition) is 4. The SMILES string of the molecule is Cn1nc(-c2ccccn2)c2c1NCCSC2C1CCCCC1. The van der Waals surface area contributed by atoms with E-state index < -0.39 is 0 Å². The Morgan fingerprint density at radius 2 is 2.09 bits per heavy atom. The Morgan fingerprint density at radius 1 is 1.22 bits per heavy atom. The third-order valence-corrected chi connectivity index (χ3v) is 6.47. The van der Waals surface area contributed by atoms with Gasteiger partial charge in [-0.1, -0.05) is 25.3 Å². The summed E-state index contributed by atoms with van der Waals surface area (Å²) in [5.41, 5.74) is 3.45. The zero-order valence-corrected chi connectivity index (χ0v) is 14.5. The molecule has 0 bridgehead atoms. The molecule has 4 nitrogen and oxygen atoms in total. The first-order chi connectivity index (χ1) is 11.3. The summed E-state index contributed by atoms with van der Waals surface area (Å²) in [5.74, 6) is 3.14. The second-order valence-electron chi connectivity index (χ2n) is 6.57. The lowest BCUT2D eigenvalue weighted by molar-refractivity contribution is 0.352. The quantitative estimate of drug-likeness (QED) is 0.894. The van der Waals surface area contributed by atoms with E-state index in [1.807, 2.05) is 24.0 Å². The van der Waals surface area contributed by atoms with Crippen LogP contribution in [-0.2, 0) is 7.05 Å². The Hall–Kier alpha value is -1.49. The van der Waals surface area contributed by atoms with E-state index >= 15 is 0 Å². The highest BCUT2D eigenvalue weighted by atomic mass is 32.2. The zero-order chi connectivity index (χ0) is 15.6. The molecule has 2 aromatic rings. The zero-order valence-electron chi connectivity index (χ0n) is 13.7. The molecule has 3 heterocycles. The van der Waals surface area contributed by atoms with Gasteiger partial charge in [0.1, 0.15) is 11.5 Å². The summed E-state index contributed by atoms with van der Waals surface area (Å²) in [6, 6.07) is 6.10. The first-order valence-electron chi connectivity index (χ1n) is 8.68. The van der Waals surface area contributed by atoms with Crippen LogP contribution < -0.4 is 5.32 Å². The number of thioether (sulfide) groups is 1. The molecule has 1 N–H and O–H groups in total. The van der Waals surface area contributed by atoms with Gasteiger partial charge in [-0.05, 0) is 30.9 Å². The predicted molar refractivity (Wildman–Crippen MR) is 96.7 cm³/mol. The number of aromatic nitrogens is 3. The number of nitrogens with one attached hydrogen (secondary N) is 1. The average Bonchev–Trinajstić information content (AvgIpc) is 2.80. The van der Waals surface area contributed by atoms with E-state index in [0.29, 0.717) is 5.25 Å². The van der Waals surface area contributed by atoms with Crippen molar-refractivity contribution in [3.05, 3.63) is 30.0 Å². The summed E-state index contributed by atoms with van der Waals surface area (Å²) < 4.78 is 2.01. The van der Waals surface area contributed by atoms with Gasteiger partial charge >= 0.3 is 0 Å². The summed E-state index contributed by atoms with van der Waals surface area (Å²) in [5, 5.41) is 8.98. The summed E-state index contributed by atoms with van der Waals surface area (Å²) in [7, 11) is 2.05. The number of anilines is 1. The van der Waals surface area contributed by atoms with Crippen LogP contribution in [0, 0.1) is 5.92 Å². The number of aryl methyl sites for hydroxylation is 1. The Balaban J connectivity index is 1.80. The number of hydrogen-bond donors (Lipinski definition) is 1. The minimum absolute atomic E-state index is 0.547.